The van der Waals surface area contributed by atoms with Crippen LogP contribution in [0.15, 0.2) is 71.1 Å². The molecule has 156 valence electrons. The van der Waals surface area contributed by atoms with E-state index in [9.17, 15) is 4.79 Å². The number of rotatable bonds is 3. The number of amides is 2. The number of hydrogen-bond acceptors (Lipinski definition) is 3. The Labute approximate surface area is 189 Å². The van der Waals surface area contributed by atoms with Gasteiger partial charge in [-0.1, -0.05) is 59.6 Å². The maximum Gasteiger partial charge on any atom is 0.322 e. The van der Waals surface area contributed by atoms with Crippen molar-refractivity contribution in [1.29, 1.82) is 0 Å². The molecule has 5 nitrogen and oxygen atoms in total. The van der Waals surface area contributed by atoms with Gasteiger partial charge < -0.3 is 14.6 Å². The number of anilines is 1. The molecule has 1 unspecified atom stereocenters. The van der Waals surface area contributed by atoms with Gasteiger partial charge in [0, 0.05) is 12.2 Å². The van der Waals surface area contributed by atoms with Crippen LogP contribution in [-0.4, -0.2) is 22.5 Å². The number of benzene rings is 3. The number of oxazole rings is 1. The van der Waals surface area contributed by atoms with Gasteiger partial charge in [0.1, 0.15) is 11.6 Å². The molecule has 1 atom stereocenters. The summed E-state index contributed by atoms with van der Waals surface area (Å²) < 4.78 is 6.04. The van der Waals surface area contributed by atoms with Gasteiger partial charge in [0.05, 0.1) is 10.0 Å². The smallest absolute Gasteiger partial charge is 0.322 e. The van der Waals surface area contributed by atoms with Crippen LogP contribution in [0.3, 0.4) is 0 Å². The van der Waals surface area contributed by atoms with E-state index in [1.165, 1.54) is 0 Å². The first-order valence-electron chi connectivity index (χ1n) is 10.1. The van der Waals surface area contributed by atoms with Crippen LogP contribution in [0.25, 0.3) is 22.2 Å². The van der Waals surface area contributed by atoms with Gasteiger partial charge in [-0.25, -0.2) is 9.78 Å². The highest BCUT2D eigenvalue weighted by molar-refractivity contribution is 6.42. The Kier molecular flexibility index (Phi) is 5.30. The van der Waals surface area contributed by atoms with Crippen LogP contribution in [0.1, 0.15) is 24.8 Å². The number of nitrogens with one attached hydrogen (secondary N) is 1. The summed E-state index contributed by atoms with van der Waals surface area (Å²) in [6.45, 7) is 0.631. The predicted molar refractivity (Wildman–Crippen MR) is 124 cm³/mol. The first-order valence-corrected chi connectivity index (χ1v) is 10.8. The Bertz CT molecular complexity index is 1260. The zero-order valence-corrected chi connectivity index (χ0v) is 18.0. The van der Waals surface area contributed by atoms with E-state index in [0.717, 1.165) is 29.5 Å². The molecule has 5 rings (SSSR count). The monoisotopic (exact) mass is 451 g/mol. The van der Waals surface area contributed by atoms with E-state index in [1.54, 1.807) is 23.1 Å². The van der Waals surface area contributed by atoms with Gasteiger partial charge in [0.2, 0.25) is 5.89 Å². The third kappa shape index (κ3) is 3.99. The number of carbonyl (C=O) groups is 1. The van der Waals surface area contributed by atoms with E-state index in [4.69, 9.17) is 32.6 Å². The molecule has 3 aromatic carbocycles. The lowest BCUT2D eigenvalue weighted by Gasteiger charge is -2.22. The molecule has 7 heteroatoms. The minimum atomic E-state index is -0.215. The second-order valence-electron chi connectivity index (χ2n) is 7.51. The molecule has 1 aromatic heterocycles. The Balaban J connectivity index is 1.39. The van der Waals surface area contributed by atoms with Crippen molar-refractivity contribution in [3.63, 3.8) is 0 Å². The number of urea groups is 1. The Morgan fingerprint density at radius 2 is 1.84 bits per heavy atom. The van der Waals surface area contributed by atoms with Crippen molar-refractivity contribution in [2.45, 2.75) is 18.9 Å². The first-order chi connectivity index (χ1) is 15.1. The van der Waals surface area contributed by atoms with Crippen LogP contribution in [0.4, 0.5) is 10.5 Å². The van der Waals surface area contributed by atoms with E-state index in [0.29, 0.717) is 33.8 Å². The Morgan fingerprint density at radius 3 is 2.65 bits per heavy atom. The van der Waals surface area contributed by atoms with E-state index < -0.39 is 0 Å². The van der Waals surface area contributed by atoms with Crippen molar-refractivity contribution in [1.82, 2.24) is 9.88 Å². The van der Waals surface area contributed by atoms with Crippen molar-refractivity contribution < 1.29 is 9.21 Å². The SMILES string of the molecule is O=C(Nc1ccc(Cl)c(Cl)c1)N1CCCC1c1nc2cc(-c3ccccc3)ccc2o1. The van der Waals surface area contributed by atoms with Crippen molar-refractivity contribution in [2.24, 2.45) is 0 Å². The van der Waals surface area contributed by atoms with Crippen molar-refractivity contribution in [2.75, 3.05) is 11.9 Å². The van der Waals surface area contributed by atoms with Crippen LogP contribution < -0.4 is 5.32 Å². The normalized spacial score (nSPS) is 16.1. The summed E-state index contributed by atoms with van der Waals surface area (Å²) in [7, 11) is 0. The second-order valence-corrected chi connectivity index (χ2v) is 8.33. The predicted octanol–water partition coefficient (Wildman–Crippen LogP) is 7.17. The second kappa shape index (κ2) is 8.25. The molecular weight excluding hydrogens is 433 g/mol. The maximum atomic E-state index is 12.9. The average molecular weight is 452 g/mol. The van der Waals surface area contributed by atoms with Crippen LogP contribution in [-0.2, 0) is 0 Å². The maximum absolute atomic E-state index is 12.9. The molecular formula is C24H19Cl2N3O2. The highest BCUT2D eigenvalue weighted by Crippen LogP contribution is 2.35. The number of fused-ring (bicyclic) bond motifs is 1. The lowest BCUT2D eigenvalue weighted by atomic mass is 10.1. The van der Waals surface area contributed by atoms with Gasteiger partial charge in [0.25, 0.3) is 0 Å². The molecule has 1 N–H and O–H groups in total. The zero-order valence-electron chi connectivity index (χ0n) is 16.5. The quantitative estimate of drug-likeness (QED) is 0.359. The molecule has 0 bridgehead atoms. The van der Waals surface area contributed by atoms with E-state index in [2.05, 4.69) is 17.4 Å². The first kappa shape index (κ1) is 19.9. The fourth-order valence-electron chi connectivity index (χ4n) is 3.93. The van der Waals surface area contributed by atoms with Gasteiger partial charge in [-0.05, 0) is 54.3 Å². The number of halogens is 2. The topological polar surface area (TPSA) is 58.4 Å². The van der Waals surface area contributed by atoms with Crippen LogP contribution in [0.2, 0.25) is 10.0 Å². The Morgan fingerprint density at radius 1 is 1.00 bits per heavy atom. The molecule has 0 radical (unpaired) electrons. The summed E-state index contributed by atoms with van der Waals surface area (Å²) in [6.07, 6.45) is 1.68. The van der Waals surface area contributed by atoms with E-state index in [1.807, 2.05) is 36.4 Å². The van der Waals surface area contributed by atoms with Crippen molar-refractivity contribution in [3.8, 4) is 11.1 Å². The standard InChI is InChI=1S/C24H19Cl2N3O2/c25-18-10-9-17(14-19(18)26)27-24(30)29-12-4-7-21(29)23-28-20-13-16(8-11-22(20)31-23)15-5-2-1-3-6-15/h1-3,5-6,8-11,13-14,21H,4,7,12H2,(H,27,30). The molecule has 1 fully saturated rings. The molecule has 1 aliphatic heterocycles. The van der Waals surface area contributed by atoms with Gasteiger partial charge >= 0.3 is 6.03 Å². The third-order valence-corrected chi connectivity index (χ3v) is 6.22. The number of carbonyl (C=O) groups excluding carboxylic acids is 1. The Hall–Kier alpha value is -3.02. The summed E-state index contributed by atoms with van der Waals surface area (Å²) in [5.74, 6) is 0.557. The summed E-state index contributed by atoms with van der Waals surface area (Å²) in [5, 5.41) is 3.73. The molecule has 4 aromatic rings. The lowest BCUT2D eigenvalue weighted by Crippen LogP contribution is -2.34. The van der Waals surface area contributed by atoms with Gasteiger partial charge in [0.15, 0.2) is 5.58 Å². The molecule has 1 aliphatic rings. The minimum Gasteiger partial charge on any atom is -0.438 e. The van der Waals surface area contributed by atoms with Gasteiger partial charge in [-0.2, -0.15) is 0 Å². The summed E-state index contributed by atoms with van der Waals surface area (Å²) >= 11 is 12.0. The highest BCUT2D eigenvalue weighted by Gasteiger charge is 2.33. The average Bonchev–Trinajstić information content (AvgIpc) is 3.43. The number of nitrogens with zero attached hydrogens (tertiary/aromatic N) is 2. The molecule has 0 saturated carbocycles. The third-order valence-electron chi connectivity index (χ3n) is 5.48. The molecule has 1 saturated heterocycles. The number of aromatic nitrogens is 1. The highest BCUT2D eigenvalue weighted by atomic mass is 35.5. The number of hydrogen-bond donors (Lipinski definition) is 1. The van der Waals surface area contributed by atoms with Crippen LogP contribution >= 0.6 is 23.2 Å². The van der Waals surface area contributed by atoms with Crippen LogP contribution in [0, 0.1) is 0 Å². The summed E-state index contributed by atoms with van der Waals surface area (Å²) in [6, 6.07) is 20.7. The van der Waals surface area contributed by atoms with Crippen LogP contribution in [0.5, 0.6) is 0 Å². The van der Waals surface area contributed by atoms with E-state index in [-0.39, 0.29) is 12.1 Å². The fourth-order valence-corrected chi connectivity index (χ4v) is 4.23. The van der Waals surface area contributed by atoms with Gasteiger partial charge in [-0.15, -0.1) is 0 Å². The molecule has 0 aliphatic carbocycles. The van der Waals surface area contributed by atoms with E-state index >= 15 is 0 Å². The van der Waals surface area contributed by atoms with Crippen molar-refractivity contribution in [3.05, 3.63) is 82.7 Å². The largest absolute Gasteiger partial charge is 0.438 e. The minimum absolute atomic E-state index is 0.213. The molecule has 31 heavy (non-hydrogen) atoms. The fraction of sp³-hybridized carbons (Fsp3) is 0.167. The number of likely N-dealkylation sites (tertiary alicyclic amines) is 1. The zero-order chi connectivity index (χ0) is 21.4. The molecule has 2 amide bonds. The molecule has 0 spiro atoms. The summed E-state index contributed by atoms with van der Waals surface area (Å²) in [4.78, 5) is 19.4. The molecule has 2 heterocycles. The summed E-state index contributed by atoms with van der Waals surface area (Å²) in [5.41, 5.74) is 4.29. The van der Waals surface area contributed by atoms with Crippen molar-refractivity contribution >= 4 is 46.0 Å². The van der Waals surface area contributed by atoms with Gasteiger partial charge in [-0.3, -0.25) is 0 Å². The lowest BCUT2D eigenvalue weighted by molar-refractivity contribution is 0.199.